The zero-order chi connectivity index (χ0) is 21.8. The Morgan fingerprint density at radius 1 is 1.23 bits per heavy atom. The fourth-order valence-electron chi connectivity index (χ4n) is 3.61. The van der Waals surface area contributed by atoms with Crippen molar-refractivity contribution in [2.24, 2.45) is 0 Å². The number of aromatic nitrogens is 3. The number of benzene rings is 2. The Hall–Kier alpha value is -2.35. The van der Waals surface area contributed by atoms with Crippen LogP contribution in [0.1, 0.15) is 19.8 Å². The molecule has 6 nitrogen and oxygen atoms in total. The number of carbonyl (C=O) groups excluding carboxylic acids is 1. The molecule has 1 fully saturated rings. The molecule has 2 unspecified atom stereocenters. The molecule has 4 rings (SSSR count). The van der Waals surface area contributed by atoms with E-state index in [1.807, 2.05) is 61.5 Å². The van der Waals surface area contributed by atoms with E-state index < -0.39 is 0 Å². The predicted octanol–water partition coefficient (Wildman–Crippen LogP) is 4.92. The maximum absolute atomic E-state index is 13.0. The molecule has 3 aromatic rings. The third-order valence-electron chi connectivity index (χ3n) is 5.33. The lowest BCUT2D eigenvalue weighted by molar-refractivity contribution is -0.117. The van der Waals surface area contributed by atoms with E-state index in [1.165, 1.54) is 11.8 Å². The molecule has 2 atom stereocenters. The first-order valence-corrected chi connectivity index (χ1v) is 11.6. The highest BCUT2D eigenvalue weighted by Crippen LogP contribution is 2.30. The number of carbonyl (C=O) groups is 1. The van der Waals surface area contributed by atoms with Gasteiger partial charge >= 0.3 is 0 Å². The number of halogens is 1. The molecular formula is C23H25ClN4O2S. The molecule has 0 spiro atoms. The summed E-state index contributed by atoms with van der Waals surface area (Å²) in [6.07, 6.45) is 2.19. The standard InChI is InChI=1S/C23H25ClN4O2S/c1-16(22(29)27(2)19-7-4-3-5-8-19)31-23-26-25-21(17-10-12-18(24)13-11-17)28(23)15-20-9-6-14-30-20/h3-5,7-8,10-13,16,20H,6,9,14-15H2,1-2H3. The van der Waals surface area contributed by atoms with E-state index in [-0.39, 0.29) is 17.3 Å². The van der Waals surface area contributed by atoms with Gasteiger partial charge < -0.3 is 9.64 Å². The minimum absolute atomic E-state index is 0.0101. The van der Waals surface area contributed by atoms with E-state index in [2.05, 4.69) is 14.8 Å². The Morgan fingerprint density at radius 2 is 1.97 bits per heavy atom. The van der Waals surface area contributed by atoms with Gasteiger partial charge in [0.25, 0.3) is 0 Å². The summed E-state index contributed by atoms with van der Waals surface area (Å²) in [4.78, 5) is 14.7. The zero-order valence-corrected chi connectivity index (χ0v) is 19.1. The van der Waals surface area contributed by atoms with E-state index in [0.29, 0.717) is 16.7 Å². The molecule has 1 saturated heterocycles. The van der Waals surface area contributed by atoms with E-state index in [4.69, 9.17) is 16.3 Å². The van der Waals surface area contributed by atoms with Crippen LogP contribution in [0.25, 0.3) is 11.4 Å². The molecule has 1 aliphatic rings. The molecular weight excluding hydrogens is 432 g/mol. The molecule has 8 heteroatoms. The van der Waals surface area contributed by atoms with Gasteiger partial charge in [0.15, 0.2) is 11.0 Å². The second-order valence-corrected chi connectivity index (χ2v) is 9.30. The number of thioether (sulfide) groups is 1. The van der Waals surface area contributed by atoms with Gasteiger partial charge in [-0.05, 0) is 56.2 Å². The minimum atomic E-state index is -0.323. The smallest absolute Gasteiger partial charge is 0.240 e. The molecule has 31 heavy (non-hydrogen) atoms. The summed E-state index contributed by atoms with van der Waals surface area (Å²) >= 11 is 7.48. The molecule has 0 N–H and O–H groups in total. The van der Waals surface area contributed by atoms with Gasteiger partial charge in [0, 0.05) is 29.9 Å². The number of hydrogen-bond acceptors (Lipinski definition) is 5. The topological polar surface area (TPSA) is 60.2 Å². The molecule has 1 aliphatic heterocycles. The minimum Gasteiger partial charge on any atom is -0.376 e. The third-order valence-corrected chi connectivity index (χ3v) is 6.65. The van der Waals surface area contributed by atoms with E-state index >= 15 is 0 Å². The van der Waals surface area contributed by atoms with Crippen molar-refractivity contribution < 1.29 is 9.53 Å². The van der Waals surface area contributed by atoms with Crippen molar-refractivity contribution in [3.63, 3.8) is 0 Å². The molecule has 2 heterocycles. The van der Waals surface area contributed by atoms with E-state index in [0.717, 1.165) is 36.5 Å². The first-order valence-electron chi connectivity index (χ1n) is 10.3. The summed E-state index contributed by atoms with van der Waals surface area (Å²) in [6, 6.07) is 17.2. The van der Waals surface area contributed by atoms with Crippen LogP contribution in [-0.4, -0.2) is 45.7 Å². The zero-order valence-electron chi connectivity index (χ0n) is 17.6. The Balaban J connectivity index is 1.58. The second-order valence-electron chi connectivity index (χ2n) is 7.55. The summed E-state index contributed by atoms with van der Waals surface area (Å²) in [5.74, 6) is 0.765. The highest BCUT2D eigenvalue weighted by Gasteiger charge is 2.26. The fourth-order valence-corrected chi connectivity index (χ4v) is 4.68. The summed E-state index contributed by atoms with van der Waals surface area (Å²) < 4.78 is 7.92. The van der Waals surface area contributed by atoms with Crippen LogP contribution in [0.5, 0.6) is 0 Å². The van der Waals surface area contributed by atoms with Crippen LogP contribution in [0.15, 0.2) is 59.8 Å². The first kappa shape index (κ1) is 21.9. The van der Waals surface area contributed by atoms with Gasteiger partial charge in [0.2, 0.25) is 5.91 Å². The number of hydrogen-bond donors (Lipinski definition) is 0. The van der Waals surface area contributed by atoms with Crippen molar-refractivity contribution in [1.29, 1.82) is 0 Å². The van der Waals surface area contributed by atoms with Crippen LogP contribution >= 0.6 is 23.4 Å². The number of nitrogens with zero attached hydrogens (tertiary/aromatic N) is 4. The fraction of sp³-hybridized carbons (Fsp3) is 0.348. The molecule has 1 amide bonds. The van der Waals surface area contributed by atoms with Crippen LogP contribution in [0.3, 0.4) is 0 Å². The van der Waals surface area contributed by atoms with Crippen LogP contribution in [0, 0.1) is 0 Å². The number of rotatable bonds is 7. The summed E-state index contributed by atoms with van der Waals surface area (Å²) in [6.45, 7) is 3.34. The molecule has 0 bridgehead atoms. The number of para-hydroxylation sites is 1. The normalized spacial score (nSPS) is 16.9. The summed E-state index contributed by atoms with van der Waals surface area (Å²) in [5, 5.41) is 9.93. The van der Waals surface area contributed by atoms with Crippen LogP contribution in [0.4, 0.5) is 5.69 Å². The summed E-state index contributed by atoms with van der Waals surface area (Å²) in [5.41, 5.74) is 1.80. The summed E-state index contributed by atoms with van der Waals surface area (Å²) in [7, 11) is 1.80. The molecule has 0 radical (unpaired) electrons. The highest BCUT2D eigenvalue weighted by atomic mass is 35.5. The van der Waals surface area contributed by atoms with E-state index in [9.17, 15) is 4.79 Å². The second kappa shape index (κ2) is 9.85. The average molecular weight is 457 g/mol. The number of amides is 1. The van der Waals surface area contributed by atoms with Crippen molar-refractivity contribution in [1.82, 2.24) is 14.8 Å². The van der Waals surface area contributed by atoms with Crippen LogP contribution in [0.2, 0.25) is 5.02 Å². The highest BCUT2D eigenvalue weighted by molar-refractivity contribution is 8.00. The van der Waals surface area contributed by atoms with Crippen LogP contribution in [-0.2, 0) is 16.1 Å². The van der Waals surface area contributed by atoms with Crippen molar-refractivity contribution >= 4 is 35.0 Å². The van der Waals surface area contributed by atoms with Gasteiger partial charge in [-0.2, -0.15) is 0 Å². The monoisotopic (exact) mass is 456 g/mol. The van der Waals surface area contributed by atoms with Gasteiger partial charge in [-0.15, -0.1) is 10.2 Å². The van der Waals surface area contributed by atoms with Gasteiger partial charge in [-0.3, -0.25) is 9.36 Å². The SMILES string of the molecule is CC(Sc1nnc(-c2ccc(Cl)cc2)n1CC1CCCO1)C(=O)N(C)c1ccccc1. The quantitative estimate of drug-likeness (QED) is 0.472. The Morgan fingerprint density at radius 3 is 2.65 bits per heavy atom. The van der Waals surface area contributed by atoms with Crippen LogP contribution < -0.4 is 4.90 Å². The lowest BCUT2D eigenvalue weighted by atomic mass is 10.2. The number of ether oxygens (including phenoxy) is 1. The van der Waals surface area contributed by atoms with Gasteiger partial charge in [-0.1, -0.05) is 41.6 Å². The molecule has 162 valence electrons. The van der Waals surface area contributed by atoms with Crippen molar-refractivity contribution in [2.45, 2.75) is 42.8 Å². The first-order chi connectivity index (χ1) is 15.0. The Bertz CT molecular complexity index is 1020. The van der Waals surface area contributed by atoms with Crippen molar-refractivity contribution in [3.8, 4) is 11.4 Å². The maximum atomic E-state index is 13.0. The predicted molar refractivity (Wildman–Crippen MR) is 125 cm³/mol. The Labute approximate surface area is 191 Å². The molecule has 0 aliphatic carbocycles. The van der Waals surface area contributed by atoms with Crippen molar-refractivity contribution in [3.05, 3.63) is 59.6 Å². The Kier molecular flexibility index (Phi) is 6.95. The largest absolute Gasteiger partial charge is 0.376 e. The van der Waals surface area contributed by atoms with Crippen molar-refractivity contribution in [2.75, 3.05) is 18.6 Å². The average Bonchev–Trinajstić information content (AvgIpc) is 3.45. The number of anilines is 1. The molecule has 1 aromatic heterocycles. The molecule has 2 aromatic carbocycles. The molecule has 0 saturated carbocycles. The van der Waals surface area contributed by atoms with Gasteiger partial charge in [-0.25, -0.2) is 0 Å². The maximum Gasteiger partial charge on any atom is 0.240 e. The lowest BCUT2D eigenvalue weighted by Crippen LogP contribution is -2.33. The lowest BCUT2D eigenvalue weighted by Gasteiger charge is -2.21. The third kappa shape index (κ3) is 5.11. The van der Waals surface area contributed by atoms with Gasteiger partial charge in [0.1, 0.15) is 0 Å². The van der Waals surface area contributed by atoms with E-state index in [1.54, 1.807) is 11.9 Å². The van der Waals surface area contributed by atoms with Gasteiger partial charge in [0.05, 0.1) is 17.9 Å².